The summed E-state index contributed by atoms with van der Waals surface area (Å²) in [5.41, 5.74) is 0. The fraction of sp³-hybridized carbons (Fsp3) is 0.500. The van der Waals surface area contributed by atoms with Crippen LogP contribution in [0.5, 0.6) is 5.75 Å². The second-order valence-corrected chi connectivity index (χ2v) is 7.00. The summed E-state index contributed by atoms with van der Waals surface area (Å²) in [5, 5.41) is 0.252. The van der Waals surface area contributed by atoms with Gasteiger partial charge in [0.15, 0.2) is 0 Å². The molecular weight excluding hydrogens is 295 g/mol. The molecule has 0 N–H and O–H groups in total. The molecule has 0 amide bonds. The van der Waals surface area contributed by atoms with Crippen molar-refractivity contribution in [1.29, 1.82) is 0 Å². The third kappa shape index (κ3) is 4.34. The molecule has 0 aliphatic heterocycles. The second kappa shape index (κ2) is 6.64. The van der Waals surface area contributed by atoms with E-state index in [1.54, 1.807) is 0 Å². The Balaban J connectivity index is 2.81. The van der Waals surface area contributed by atoms with Crippen LogP contribution < -0.4 is 4.74 Å². The molecule has 0 fully saturated rings. The molecule has 0 aromatic heterocycles. The van der Waals surface area contributed by atoms with Crippen molar-refractivity contribution in [2.24, 2.45) is 5.92 Å². The van der Waals surface area contributed by atoms with Gasteiger partial charge in [0, 0.05) is 10.7 Å². The van der Waals surface area contributed by atoms with Crippen LogP contribution >= 0.6 is 22.3 Å². The van der Waals surface area contributed by atoms with Crippen LogP contribution in [-0.4, -0.2) is 15.0 Å². The monoisotopic (exact) mass is 310 g/mol. The van der Waals surface area contributed by atoms with E-state index in [1.165, 1.54) is 18.2 Å². The number of halogens is 2. The van der Waals surface area contributed by atoms with Crippen LogP contribution in [0.4, 0.5) is 0 Å². The second-order valence-electron chi connectivity index (χ2n) is 4.02. The van der Waals surface area contributed by atoms with E-state index in [4.69, 9.17) is 27.0 Å². The Morgan fingerprint density at radius 3 is 2.33 bits per heavy atom. The quantitative estimate of drug-likeness (QED) is 0.743. The minimum Gasteiger partial charge on any atom is -0.492 e. The fourth-order valence-corrected chi connectivity index (χ4v) is 2.56. The molecule has 1 aromatic rings. The van der Waals surface area contributed by atoms with E-state index in [1.807, 2.05) is 0 Å². The first kappa shape index (κ1) is 15.6. The molecule has 0 aliphatic rings. The summed E-state index contributed by atoms with van der Waals surface area (Å²) in [6.45, 7) is 4.77. The molecule has 0 saturated heterocycles. The Morgan fingerprint density at radius 2 is 1.89 bits per heavy atom. The third-order valence-corrected chi connectivity index (χ3v) is 4.46. The minimum atomic E-state index is -3.75. The molecule has 0 radical (unpaired) electrons. The summed E-state index contributed by atoms with van der Waals surface area (Å²) >= 11 is 5.96. The van der Waals surface area contributed by atoms with Gasteiger partial charge in [-0.3, -0.25) is 0 Å². The third-order valence-electron chi connectivity index (χ3n) is 2.81. The lowest BCUT2D eigenvalue weighted by atomic mass is 10.1. The van der Waals surface area contributed by atoms with E-state index in [0.29, 0.717) is 18.3 Å². The van der Waals surface area contributed by atoms with Crippen molar-refractivity contribution >= 4 is 31.3 Å². The molecule has 1 aromatic carbocycles. The van der Waals surface area contributed by atoms with E-state index in [0.717, 1.165) is 12.8 Å². The predicted octanol–water partition coefficient (Wildman–Crippen LogP) is 4.08. The Bertz CT molecular complexity index is 496. The summed E-state index contributed by atoms with van der Waals surface area (Å²) in [6, 6.07) is 4.21. The van der Waals surface area contributed by atoms with Gasteiger partial charge in [-0.1, -0.05) is 38.3 Å². The van der Waals surface area contributed by atoms with Gasteiger partial charge >= 0.3 is 0 Å². The molecular formula is C12H16Cl2O3S. The lowest BCUT2D eigenvalue weighted by Crippen LogP contribution is -2.10. The highest BCUT2D eigenvalue weighted by atomic mass is 35.7. The first-order valence-corrected chi connectivity index (χ1v) is 8.44. The maximum absolute atomic E-state index is 11.1. The fourth-order valence-electron chi connectivity index (χ4n) is 1.48. The number of benzene rings is 1. The van der Waals surface area contributed by atoms with Crippen molar-refractivity contribution in [1.82, 2.24) is 0 Å². The summed E-state index contributed by atoms with van der Waals surface area (Å²) < 4.78 is 27.8. The standard InChI is InChI=1S/C12H16Cl2O3S/c1-3-9(4-2)8-17-12-6-5-10(7-11(12)13)18(14,15)16/h5-7,9H,3-4,8H2,1-2H3. The van der Waals surface area contributed by atoms with Crippen molar-refractivity contribution in [3.05, 3.63) is 23.2 Å². The van der Waals surface area contributed by atoms with Crippen LogP contribution in [0, 0.1) is 5.92 Å². The predicted molar refractivity (Wildman–Crippen MR) is 74.1 cm³/mol. The van der Waals surface area contributed by atoms with Crippen LogP contribution in [0.3, 0.4) is 0 Å². The largest absolute Gasteiger partial charge is 0.492 e. The van der Waals surface area contributed by atoms with Crippen molar-refractivity contribution in [3.63, 3.8) is 0 Å². The molecule has 6 heteroatoms. The van der Waals surface area contributed by atoms with Crippen molar-refractivity contribution in [2.45, 2.75) is 31.6 Å². The molecule has 0 bridgehead atoms. The normalized spacial score (nSPS) is 11.8. The molecule has 0 saturated carbocycles. The number of hydrogen-bond acceptors (Lipinski definition) is 3. The molecule has 0 atom stereocenters. The van der Waals surface area contributed by atoms with Crippen molar-refractivity contribution in [2.75, 3.05) is 6.61 Å². The average molecular weight is 311 g/mol. The molecule has 1 rings (SSSR count). The zero-order chi connectivity index (χ0) is 13.8. The maximum atomic E-state index is 11.1. The Morgan fingerprint density at radius 1 is 1.28 bits per heavy atom. The Labute approximate surface area is 117 Å². The van der Waals surface area contributed by atoms with Gasteiger partial charge in [-0.15, -0.1) is 0 Å². The van der Waals surface area contributed by atoms with Gasteiger partial charge in [0.25, 0.3) is 9.05 Å². The van der Waals surface area contributed by atoms with Gasteiger partial charge in [0.1, 0.15) is 5.75 Å². The highest BCUT2D eigenvalue weighted by Gasteiger charge is 2.13. The van der Waals surface area contributed by atoms with Gasteiger partial charge in [-0.2, -0.15) is 0 Å². The van der Waals surface area contributed by atoms with Crippen LogP contribution in [0.1, 0.15) is 26.7 Å². The average Bonchev–Trinajstić information content (AvgIpc) is 2.30. The Kier molecular flexibility index (Phi) is 5.76. The topological polar surface area (TPSA) is 43.4 Å². The van der Waals surface area contributed by atoms with Gasteiger partial charge in [-0.05, 0) is 24.1 Å². The molecule has 0 aliphatic carbocycles. The molecule has 18 heavy (non-hydrogen) atoms. The molecule has 0 heterocycles. The molecule has 0 unspecified atom stereocenters. The van der Waals surface area contributed by atoms with E-state index in [9.17, 15) is 8.42 Å². The van der Waals surface area contributed by atoms with Gasteiger partial charge in [0.2, 0.25) is 0 Å². The summed E-state index contributed by atoms with van der Waals surface area (Å²) in [6.07, 6.45) is 2.06. The van der Waals surface area contributed by atoms with Crippen molar-refractivity contribution in [3.8, 4) is 5.75 Å². The van der Waals surface area contributed by atoms with Gasteiger partial charge < -0.3 is 4.74 Å². The number of hydrogen-bond donors (Lipinski definition) is 0. The lowest BCUT2D eigenvalue weighted by Gasteiger charge is -2.14. The van der Waals surface area contributed by atoms with Crippen molar-refractivity contribution < 1.29 is 13.2 Å². The lowest BCUT2D eigenvalue weighted by molar-refractivity contribution is 0.240. The van der Waals surface area contributed by atoms with E-state index < -0.39 is 9.05 Å². The number of rotatable bonds is 6. The number of ether oxygens (including phenoxy) is 1. The minimum absolute atomic E-state index is 0.0240. The molecule has 0 spiro atoms. The Hall–Kier alpha value is -0.450. The summed E-state index contributed by atoms with van der Waals surface area (Å²) in [7, 11) is 1.48. The SMILES string of the molecule is CCC(CC)COc1ccc(S(=O)(=O)Cl)cc1Cl. The summed E-state index contributed by atoms with van der Waals surface area (Å²) in [4.78, 5) is -0.0240. The highest BCUT2D eigenvalue weighted by Crippen LogP contribution is 2.29. The van der Waals surface area contributed by atoms with E-state index in [-0.39, 0.29) is 9.92 Å². The van der Waals surface area contributed by atoms with Crippen LogP contribution in [0.25, 0.3) is 0 Å². The van der Waals surface area contributed by atoms with Crippen LogP contribution in [-0.2, 0) is 9.05 Å². The smallest absolute Gasteiger partial charge is 0.261 e. The summed E-state index contributed by atoms with van der Waals surface area (Å²) in [5.74, 6) is 0.949. The zero-order valence-corrected chi connectivity index (χ0v) is 12.6. The van der Waals surface area contributed by atoms with Crippen LogP contribution in [0.2, 0.25) is 5.02 Å². The first-order chi connectivity index (χ1) is 8.38. The maximum Gasteiger partial charge on any atom is 0.261 e. The highest BCUT2D eigenvalue weighted by molar-refractivity contribution is 8.13. The zero-order valence-electron chi connectivity index (χ0n) is 10.3. The van der Waals surface area contributed by atoms with Gasteiger partial charge in [0.05, 0.1) is 16.5 Å². The van der Waals surface area contributed by atoms with E-state index in [2.05, 4.69) is 13.8 Å². The van der Waals surface area contributed by atoms with E-state index >= 15 is 0 Å². The first-order valence-electron chi connectivity index (χ1n) is 5.75. The molecule has 102 valence electrons. The van der Waals surface area contributed by atoms with Gasteiger partial charge in [-0.25, -0.2) is 8.42 Å². The van der Waals surface area contributed by atoms with Crippen LogP contribution in [0.15, 0.2) is 23.1 Å². The molecule has 3 nitrogen and oxygen atoms in total.